The Bertz CT molecular complexity index is 140. The van der Waals surface area contributed by atoms with Crippen LogP contribution >= 0.6 is 0 Å². The fourth-order valence-electron chi connectivity index (χ4n) is 0.281. The van der Waals surface area contributed by atoms with E-state index in [2.05, 4.69) is 9.97 Å². The quantitative estimate of drug-likeness (QED) is 0.652. The fraction of sp³-hybridized carbons (Fsp3) is 0. The van der Waals surface area contributed by atoms with Gasteiger partial charge >= 0.3 is 56.7 Å². The van der Waals surface area contributed by atoms with Crippen LogP contribution in [0.3, 0.4) is 0 Å². The summed E-state index contributed by atoms with van der Waals surface area (Å²) in [5.41, 5.74) is 0. The first-order valence-corrected chi connectivity index (χ1v) is 3.27. The molecule has 0 atom stereocenters. The Labute approximate surface area is 56.8 Å². The van der Waals surface area contributed by atoms with Gasteiger partial charge in [0.15, 0.2) is 0 Å². The van der Waals surface area contributed by atoms with Crippen LogP contribution in [0.15, 0.2) is 18.7 Å². The van der Waals surface area contributed by atoms with Crippen LogP contribution in [-0.2, 0) is 0 Å². The number of aromatic nitrogens is 2. The molecule has 0 saturated carbocycles. The Morgan fingerprint density at radius 2 is 1.86 bits per heavy atom. The van der Waals surface area contributed by atoms with Gasteiger partial charge in [-0.3, -0.25) is 0 Å². The molecule has 3 heteroatoms. The Morgan fingerprint density at radius 3 is 2.14 bits per heavy atom. The minimum absolute atomic E-state index is 1.16. The molecule has 0 bridgehead atoms. The van der Waals surface area contributed by atoms with E-state index in [0.29, 0.717) is 0 Å². The monoisotopic (exact) mass is 289 g/mol. The van der Waals surface area contributed by atoms with Crippen molar-refractivity contribution in [3.8, 4) is 0 Å². The Morgan fingerprint density at radius 1 is 1.29 bits per heavy atom. The second kappa shape index (κ2) is 2.32. The van der Waals surface area contributed by atoms with Crippen molar-refractivity contribution >= 4 is 3.27 Å². The van der Waals surface area contributed by atoms with Gasteiger partial charge in [0.05, 0.1) is 0 Å². The van der Waals surface area contributed by atoms with Crippen molar-refractivity contribution in [1.82, 2.24) is 9.97 Å². The summed E-state index contributed by atoms with van der Waals surface area (Å²) in [4.78, 5) is 7.57. The van der Waals surface area contributed by atoms with Crippen LogP contribution in [-0.4, -0.2) is 9.97 Å². The second-order valence-corrected chi connectivity index (χ2v) is 2.75. The SMILES string of the molecule is [At]c1cncnc1. The van der Waals surface area contributed by atoms with Gasteiger partial charge in [-0.15, -0.1) is 0 Å². The van der Waals surface area contributed by atoms with Gasteiger partial charge in [0.1, 0.15) is 0 Å². The van der Waals surface area contributed by atoms with Crippen molar-refractivity contribution < 1.29 is 24.7 Å². The van der Waals surface area contributed by atoms with Crippen molar-refractivity contribution in [2.45, 2.75) is 0 Å². The van der Waals surface area contributed by atoms with E-state index in [1.165, 1.54) is 6.33 Å². The van der Waals surface area contributed by atoms with Gasteiger partial charge in [-0.05, 0) is 0 Å². The zero-order chi connectivity index (χ0) is 5.11. The first-order chi connectivity index (χ1) is 3.39. The Balaban J connectivity index is 3.02. The molecule has 0 aliphatic carbocycles. The molecule has 0 aliphatic heterocycles. The third-order valence-corrected chi connectivity index (χ3v) is 1.29. The molecule has 0 amide bonds. The molecule has 0 spiro atoms. The average Bonchev–Trinajstić information content (AvgIpc) is 1.69. The van der Waals surface area contributed by atoms with E-state index in [1.807, 2.05) is 0 Å². The normalized spacial score (nSPS) is 8.71. The van der Waals surface area contributed by atoms with E-state index in [0.717, 1.165) is 3.27 Å². The summed E-state index contributed by atoms with van der Waals surface area (Å²) in [6.45, 7) is 0. The number of nitrogens with zero attached hydrogens (tertiary/aromatic N) is 2. The molecule has 0 unspecified atom stereocenters. The van der Waals surface area contributed by atoms with E-state index >= 15 is 0 Å². The van der Waals surface area contributed by atoms with E-state index in [4.69, 9.17) is 0 Å². The predicted molar refractivity (Wildman–Crippen MR) is 21.7 cm³/mol. The molecule has 1 aromatic rings. The summed E-state index contributed by atoms with van der Waals surface area (Å²) in [5.74, 6) is 0. The molecule has 0 fully saturated rings. The average molecular weight is 289 g/mol. The third kappa shape index (κ3) is 1.48. The van der Waals surface area contributed by atoms with E-state index in [1.54, 1.807) is 37.1 Å². The number of hydrogen-bond acceptors (Lipinski definition) is 2. The van der Waals surface area contributed by atoms with Crippen LogP contribution in [0.5, 0.6) is 0 Å². The predicted octanol–water partition coefficient (Wildman–Crippen LogP) is -0.349. The minimum atomic E-state index is 1.16. The van der Waals surface area contributed by atoms with Gasteiger partial charge in [-0.1, -0.05) is 0 Å². The molecule has 1 rings (SSSR count). The van der Waals surface area contributed by atoms with Crippen LogP contribution in [0, 0.1) is 24.7 Å². The third-order valence-electron chi connectivity index (χ3n) is 0.529. The molecular weight excluding hydrogens is 286 g/mol. The first kappa shape index (κ1) is 5.11. The summed E-state index contributed by atoms with van der Waals surface area (Å²) < 4.78 is 1.16. The maximum atomic E-state index is 3.79. The fourth-order valence-corrected chi connectivity index (χ4v) is 0.719. The summed E-state index contributed by atoms with van der Waals surface area (Å²) in [7, 11) is 0. The molecular formula is C4H3AtN2. The molecule has 0 saturated heterocycles. The van der Waals surface area contributed by atoms with Gasteiger partial charge in [0.25, 0.3) is 0 Å². The molecule has 0 aliphatic rings. The van der Waals surface area contributed by atoms with Crippen molar-refractivity contribution in [2.24, 2.45) is 0 Å². The molecule has 0 radical (unpaired) electrons. The summed E-state index contributed by atoms with van der Waals surface area (Å²) in [5, 5.41) is 0. The Hall–Kier alpha value is -0.0369. The summed E-state index contributed by atoms with van der Waals surface area (Å²) in [6.07, 6.45) is 5.12. The second-order valence-electron chi connectivity index (χ2n) is 1.06. The number of rotatable bonds is 0. The topological polar surface area (TPSA) is 25.8 Å². The van der Waals surface area contributed by atoms with Gasteiger partial charge < -0.3 is 0 Å². The zero-order valence-corrected chi connectivity index (χ0v) is 6.44. The molecule has 1 aromatic heterocycles. The molecule has 7 heavy (non-hydrogen) atoms. The van der Waals surface area contributed by atoms with Crippen LogP contribution in [0.4, 0.5) is 0 Å². The standard InChI is InChI=1S/C4H3AtN2/c5-4-1-6-3-7-2-4/h1-3H. The van der Waals surface area contributed by atoms with Crippen molar-refractivity contribution in [2.75, 3.05) is 0 Å². The maximum absolute atomic E-state index is 3.79. The zero-order valence-electron chi connectivity index (χ0n) is 3.50. The van der Waals surface area contributed by atoms with E-state index < -0.39 is 0 Å². The van der Waals surface area contributed by atoms with Gasteiger partial charge in [-0.2, -0.15) is 0 Å². The molecule has 0 N–H and O–H groups in total. The van der Waals surface area contributed by atoms with E-state index in [-0.39, 0.29) is 0 Å². The molecule has 36 valence electrons. The Kier molecular flexibility index (Phi) is 1.69. The van der Waals surface area contributed by atoms with Crippen LogP contribution < -0.4 is 3.27 Å². The molecule has 2 nitrogen and oxygen atoms in total. The van der Waals surface area contributed by atoms with E-state index in [9.17, 15) is 0 Å². The summed E-state index contributed by atoms with van der Waals surface area (Å²) >= 11 is 1.59. The van der Waals surface area contributed by atoms with Crippen molar-refractivity contribution in [3.63, 3.8) is 0 Å². The van der Waals surface area contributed by atoms with Crippen LogP contribution in [0.25, 0.3) is 0 Å². The molecule has 0 aromatic carbocycles. The van der Waals surface area contributed by atoms with Crippen LogP contribution in [0.1, 0.15) is 0 Å². The van der Waals surface area contributed by atoms with Gasteiger partial charge in [0.2, 0.25) is 0 Å². The molecule has 1 heterocycles. The summed E-state index contributed by atoms with van der Waals surface area (Å²) in [6, 6.07) is 0. The van der Waals surface area contributed by atoms with Crippen LogP contribution in [0.2, 0.25) is 0 Å². The number of hydrogen-bond donors (Lipinski definition) is 0. The van der Waals surface area contributed by atoms with Crippen molar-refractivity contribution in [1.29, 1.82) is 0 Å². The van der Waals surface area contributed by atoms with Gasteiger partial charge in [-0.25, -0.2) is 0 Å². The first-order valence-electron chi connectivity index (χ1n) is 1.80. The van der Waals surface area contributed by atoms with Gasteiger partial charge in [0, 0.05) is 0 Å². The van der Waals surface area contributed by atoms with Crippen molar-refractivity contribution in [3.05, 3.63) is 18.7 Å².